The summed E-state index contributed by atoms with van der Waals surface area (Å²) in [7, 11) is 0. The van der Waals surface area contributed by atoms with Crippen LogP contribution in [0.4, 0.5) is 0 Å². The fourth-order valence-corrected chi connectivity index (χ4v) is 6.61. The van der Waals surface area contributed by atoms with Gasteiger partial charge in [-0.2, -0.15) is 12.1 Å². The average Bonchev–Trinajstić information content (AvgIpc) is 3.61. The number of rotatable bonds is 2. The van der Waals surface area contributed by atoms with Gasteiger partial charge < -0.3 is 14.9 Å². The number of fused-ring (bicyclic) bond motifs is 4. The van der Waals surface area contributed by atoms with Crippen molar-refractivity contribution in [2.24, 2.45) is 0 Å². The summed E-state index contributed by atoms with van der Waals surface area (Å²) in [5, 5.41) is 10.6. The minimum absolute atomic E-state index is 0. The molecule has 8 aromatic carbocycles. The number of halogens is 2. The minimum atomic E-state index is 0. The third-order valence-corrected chi connectivity index (χ3v) is 8.38. The van der Waals surface area contributed by atoms with Gasteiger partial charge in [-0.3, -0.25) is 0 Å². The Labute approximate surface area is 316 Å². The molecule has 0 aliphatic carbocycles. The fraction of sp³-hybridized carbons (Fsp3) is 0.0909. The summed E-state index contributed by atoms with van der Waals surface area (Å²) in [5.74, 6) is 0. The average molecular weight is 761 g/mol. The molecule has 0 amide bonds. The van der Waals surface area contributed by atoms with Crippen LogP contribution in [0.15, 0.2) is 133 Å². The van der Waals surface area contributed by atoms with Crippen molar-refractivity contribution in [2.45, 2.75) is 27.7 Å². The summed E-state index contributed by atoms with van der Waals surface area (Å²) < 4.78 is 0. The van der Waals surface area contributed by atoms with Gasteiger partial charge in [-0.05, 0) is 46.5 Å². The van der Waals surface area contributed by atoms with Crippen molar-refractivity contribution in [2.75, 3.05) is 0 Å². The molecule has 0 spiro atoms. The van der Waals surface area contributed by atoms with Crippen LogP contribution >= 0.6 is 24.8 Å². The van der Waals surface area contributed by atoms with Gasteiger partial charge in [0.15, 0.2) is 0 Å². The molecule has 0 heterocycles. The second kappa shape index (κ2) is 17.9. The first-order valence-corrected chi connectivity index (χ1v) is 19.2. The van der Waals surface area contributed by atoms with E-state index in [9.17, 15) is 0 Å². The summed E-state index contributed by atoms with van der Waals surface area (Å²) in [4.78, 5) is 0. The van der Waals surface area contributed by atoms with Gasteiger partial charge in [0.2, 0.25) is 0 Å². The summed E-state index contributed by atoms with van der Waals surface area (Å²) in [6.45, 7) is 11.8. The molecule has 0 aromatic heterocycles. The Morgan fingerprint density at radius 1 is 0.417 bits per heavy atom. The standard InChI is InChI=1S/2C21H17.2CH3.2ClH.Si.Zr/c2*1-14-10-17-11-15(2)13-21(20(17)12-14)19-9-5-7-16-6-3-4-8-18(16)19;;;;;;/h2*3-13H,1-2H3;2*1H3;2*1H;;/q4*-1;;;;. The molecule has 0 saturated heterocycles. The van der Waals surface area contributed by atoms with E-state index in [1.807, 2.05) is 0 Å². The molecule has 0 aliphatic rings. The van der Waals surface area contributed by atoms with E-state index in [2.05, 4.69) is 168 Å². The van der Waals surface area contributed by atoms with E-state index in [0.29, 0.717) is 0 Å². The van der Waals surface area contributed by atoms with Crippen molar-refractivity contribution in [1.29, 1.82) is 0 Å². The second-order valence-corrected chi connectivity index (χ2v) is 11.7. The van der Waals surface area contributed by atoms with Crippen LogP contribution in [0.2, 0.25) is 0 Å². The molecule has 0 fully saturated rings. The van der Waals surface area contributed by atoms with Crippen LogP contribution in [-0.2, 0) is 23.3 Å². The zero-order valence-corrected chi connectivity index (χ0v) is 33.6. The SMILES string of the molecule is Cc1cc(-c2cccc3ccccc23)c2cc(C)[cH-]c2c1.Cc1cc(-c2cccc3ccccc23)c2cc(C)[cH-]c2c1.Cl.Cl.[CH3-].[CH3-].[Si]=[Zr]. The summed E-state index contributed by atoms with van der Waals surface area (Å²) in [6, 6.07) is 48.7. The van der Waals surface area contributed by atoms with Crippen LogP contribution in [0.3, 0.4) is 0 Å². The van der Waals surface area contributed by atoms with Crippen molar-refractivity contribution >= 4 is 74.8 Å². The number of benzene rings is 6. The molecule has 8 rings (SSSR count). The zero-order valence-electron chi connectivity index (χ0n) is 28.5. The predicted octanol–water partition coefficient (Wildman–Crippen LogP) is 13.4. The summed E-state index contributed by atoms with van der Waals surface area (Å²) >= 11 is 1.36. The fourth-order valence-electron chi connectivity index (χ4n) is 6.61. The van der Waals surface area contributed by atoms with E-state index in [1.165, 1.54) is 111 Å². The van der Waals surface area contributed by atoms with Crippen molar-refractivity contribution in [1.82, 2.24) is 0 Å². The van der Waals surface area contributed by atoms with Gasteiger partial charge in [0.25, 0.3) is 0 Å². The molecule has 48 heavy (non-hydrogen) atoms. The molecule has 0 N–H and O–H groups in total. The van der Waals surface area contributed by atoms with Crippen LogP contribution in [-0.4, -0.2) is 6.88 Å². The molecule has 0 aliphatic heterocycles. The van der Waals surface area contributed by atoms with E-state index in [4.69, 9.17) is 0 Å². The van der Waals surface area contributed by atoms with Crippen LogP contribution < -0.4 is 0 Å². The monoisotopic (exact) mass is 758 g/mol. The van der Waals surface area contributed by atoms with Crippen molar-refractivity contribution in [3.8, 4) is 22.3 Å². The van der Waals surface area contributed by atoms with Crippen molar-refractivity contribution in [3.63, 3.8) is 0 Å². The van der Waals surface area contributed by atoms with E-state index < -0.39 is 0 Å². The molecular formula is C44H42Cl2SiZr-4. The molecule has 2 radical (unpaired) electrons. The first-order valence-electron chi connectivity index (χ1n) is 15.0. The van der Waals surface area contributed by atoms with E-state index in [0.717, 1.165) is 0 Å². The van der Waals surface area contributed by atoms with Gasteiger partial charge >= 0.3 is 30.2 Å². The molecule has 244 valence electrons. The quantitative estimate of drug-likeness (QED) is 0.122. The Kier molecular flexibility index (Phi) is 15.3. The Morgan fingerprint density at radius 2 is 0.771 bits per heavy atom. The Hall–Kier alpha value is -3.26. The molecule has 0 bridgehead atoms. The second-order valence-electron chi connectivity index (χ2n) is 11.7. The van der Waals surface area contributed by atoms with Gasteiger partial charge in [0.1, 0.15) is 0 Å². The van der Waals surface area contributed by atoms with Crippen molar-refractivity contribution < 1.29 is 23.3 Å². The van der Waals surface area contributed by atoms with Crippen LogP contribution in [0, 0.1) is 42.5 Å². The normalized spacial score (nSPS) is 9.98. The van der Waals surface area contributed by atoms with Crippen LogP contribution in [0.5, 0.6) is 0 Å². The third kappa shape index (κ3) is 8.30. The van der Waals surface area contributed by atoms with Gasteiger partial charge in [0.05, 0.1) is 0 Å². The molecule has 4 heteroatoms. The topological polar surface area (TPSA) is 0 Å². The first-order chi connectivity index (χ1) is 21.4. The number of hydrogen-bond acceptors (Lipinski definition) is 0. The Bertz CT molecular complexity index is 2100. The van der Waals surface area contributed by atoms with Gasteiger partial charge in [-0.25, -0.2) is 0 Å². The summed E-state index contributed by atoms with van der Waals surface area (Å²) in [5.41, 5.74) is 10.6. The van der Waals surface area contributed by atoms with Crippen LogP contribution in [0.25, 0.3) is 65.3 Å². The Morgan fingerprint density at radius 3 is 1.17 bits per heavy atom. The van der Waals surface area contributed by atoms with Gasteiger partial charge in [-0.15, -0.1) is 81.8 Å². The molecule has 0 nitrogen and oxygen atoms in total. The van der Waals surface area contributed by atoms with E-state index in [1.54, 1.807) is 0 Å². The number of hydrogen-bond donors (Lipinski definition) is 0. The molecular weight excluding hydrogens is 719 g/mol. The van der Waals surface area contributed by atoms with Gasteiger partial charge in [0, 0.05) is 0 Å². The molecule has 0 unspecified atom stereocenters. The molecule has 0 atom stereocenters. The predicted molar refractivity (Wildman–Crippen MR) is 217 cm³/mol. The number of aryl methyl sites for hydroxylation is 4. The maximum absolute atomic E-state index is 3.06. The van der Waals surface area contributed by atoms with Gasteiger partial charge in [-0.1, -0.05) is 133 Å². The first kappa shape index (κ1) is 40.9. The zero-order chi connectivity index (χ0) is 30.8. The maximum atomic E-state index is 3.06. The van der Waals surface area contributed by atoms with Crippen LogP contribution in [0.1, 0.15) is 22.3 Å². The van der Waals surface area contributed by atoms with Crippen molar-refractivity contribution in [3.05, 3.63) is 171 Å². The van der Waals surface area contributed by atoms with E-state index in [-0.39, 0.29) is 39.7 Å². The Balaban J connectivity index is 0.000000294. The molecule has 0 saturated carbocycles. The van der Waals surface area contributed by atoms with E-state index >= 15 is 0 Å². The molecule has 8 aromatic rings. The summed E-state index contributed by atoms with van der Waals surface area (Å²) in [6.07, 6.45) is 0. The third-order valence-electron chi connectivity index (χ3n) is 8.38.